The fourth-order valence-electron chi connectivity index (χ4n) is 0.321. The molecule has 0 spiro atoms. The van der Waals surface area contributed by atoms with Crippen molar-refractivity contribution in [3.05, 3.63) is 0 Å². The Morgan fingerprint density at radius 3 is 2.44 bits per heavy atom. The molecule has 0 aromatic heterocycles. The van der Waals surface area contributed by atoms with Crippen LogP contribution in [0, 0.1) is 0 Å². The van der Waals surface area contributed by atoms with Gasteiger partial charge in [0.25, 0.3) is 0 Å². The smallest absolute Gasteiger partial charge is 0.318 e. The molecule has 1 unspecified atom stereocenters. The molecule has 0 aliphatic heterocycles. The fraction of sp³-hybridized carbons (Fsp3) is 1.00. The Kier molecular flexibility index (Phi) is 5.63. The van der Waals surface area contributed by atoms with Crippen molar-refractivity contribution in [1.29, 1.82) is 0 Å². The third-order valence-electron chi connectivity index (χ3n) is 0.541. The minimum Gasteiger partial charge on any atom is -0.358 e. The number of hydrogen-bond acceptors (Lipinski definition) is 3. The standard InChI is InChI=1S/C4H13O3PSi/c1-4-6-8(5)7-9(2)3/h5,9H,4H2,1-3H3. The lowest BCUT2D eigenvalue weighted by Gasteiger charge is -2.10. The zero-order valence-corrected chi connectivity index (χ0v) is 8.04. The van der Waals surface area contributed by atoms with Gasteiger partial charge in [0.05, 0.1) is 6.61 Å². The maximum atomic E-state index is 8.87. The van der Waals surface area contributed by atoms with Crippen molar-refractivity contribution in [2.75, 3.05) is 6.61 Å². The molecule has 0 rings (SSSR count). The van der Waals surface area contributed by atoms with Crippen molar-refractivity contribution in [1.82, 2.24) is 0 Å². The minimum absolute atomic E-state index is 0.517. The Hall–Kier alpha value is 0.527. The van der Waals surface area contributed by atoms with Crippen LogP contribution in [0.5, 0.6) is 0 Å². The minimum atomic E-state index is -1.56. The molecule has 0 amide bonds. The van der Waals surface area contributed by atoms with E-state index < -0.39 is 17.6 Å². The van der Waals surface area contributed by atoms with Crippen LogP contribution in [0.1, 0.15) is 6.92 Å². The zero-order chi connectivity index (χ0) is 7.28. The fourth-order valence-corrected chi connectivity index (χ4v) is 2.23. The predicted molar refractivity (Wildman–Crippen MR) is 40.7 cm³/mol. The Labute approximate surface area is 58.7 Å². The Morgan fingerprint density at radius 1 is 1.56 bits per heavy atom. The maximum Gasteiger partial charge on any atom is 0.318 e. The van der Waals surface area contributed by atoms with E-state index in [1.807, 2.05) is 20.0 Å². The first-order chi connectivity index (χ1) is 4.16. The van der Waals surface area contributed by atoms with Crippen LogP contribution in [0.2, 0.25) is 13.1 Å². The first-order valence-electron chi connectivity index (χ1n) is 2.95. The van der Waals surface area contributed by atoms with E-state index in [0.29, 0.717) is 6.61 Å². The van der Waals surface area contributed by atoms with Gasteiger partial charge in [0.15, 0.2) is 9.04 Å². The summed E-state index contributed by atoms with van der Waals surface area (Å²) in [6.45, 7) is 6.33. The van der Waals surface area contributed by atoms with E-state index >= 15 is 0 Å². The Bertz CT molecular complexity index is 70.8. The van der Waals surface area contributed by atoms with Crippen molar-refractivity contribution in [3.8, 4) is 0 Å². The largest absolute Gasteiger partial charge is 0.358 e. The van der Waals surface area contributed by atoms with Gasteiger partial charge in [0, 0.05) is 0 Å². The Balaban J connectivity index is 3.15. The van der Waals surface area contributed by atoms with E-state index in [1.54, 1.807) is 0 Å². The van der Waals surface area contributed by atoms with Crippen LogP contribution >= 0.6 is 8.60 Å². The van der Waals surface area contributed by atoms with Crippen LogP contribution in [-0.4, -0.2) is 20.5 Å². The van der Waals surface area contributed by atoms with E-state index in [1.165, 1.54) is 0 Å². The van der Waals surface area contributed by atoms with E-state index in [0.717, 1.165) is 0 Å². The quantitative estimate of drug-likeness (QED) is 0.507. The molecule has 0 fully saturated rings. The zero-order valence-electron chi connectivity index (χ0n) is 6.00. The van der Waals surface area contributed by atoms with Gasteiger partial charge in [0.2, 0.25) is 0 Å². The highest BCUT2D eigenvalue weighted by atomic mass is 31.2. The van der Waals surface area contributed by atoms with Crippen molar-refractivity contribution in [3.63, 3.8) is 0 Å². The highest BCUT2D eigenvalue weighted by molar-refractivity contribution is 7.42. The van der Waals surface area contributed by atoms with E-state index in [2.05, 4.69) is 0 Å². The van der Waals surface area contributed by atoms with Crippen molar-refractivity contribution in [2.45, 2.75) is 20.0 Å². The van der Waals surface area contributed by atoms with Gasteiger partial charge in [-0.1, -0.05) is 0 Å². The number of rotatable bonds is 4. The monoisotopic (exact) mass is 168 g/mol. The van der Waals surface area contributed by atoms with E-state index in [-0.39, 0.29) is 0 Å². The second-order valence-corrected chi connectivity index (χ2v) is 5.48. The van der Waals surface area contributed by atoms with E-state index in [4.69, 9.17) is 13.6 Å². The van der Waals surface area contributed by atoms with Gasteiger partial charge < -0.3 is 13.6 Å². The summed E-state index contributed by atoms with van der Waals surface area (Å²) < 4.78 is 9.81. The van der Waals surface area contributed by atoms with Gasteiger partial charge >= 0.3 is 8.60 Å². The topological polar surface area (TPSA) is 38.7 Å². The third kappa shape index (κ3) is 6.41. The molecule has 0 aromatic carbocycles. The lowest BCUT2D eigenvalue weighted by molar-refractivity contribution is 0.276. The van der Waals surface area contributed by atoms with Crippen LogP contribution in [0.25, 0.3) is 0 Å². The summed E-state index contributed by atoms with van der Waals surface area (Å²) in [4.78, 5) is 8.87. The molecule has 1 N–H and O–H groups in total. The van der Waals surface area contributed by atoms with Crippen LogP contribution in [0.3, 0.4) is 0 Å². The van der Waals surface area contributed by atoms with Gasteiger partial charge in [-0.05, 0) is 20.0 Å². The normalized spacial score (nSPS) is 14.3. The van der Waals surface area contributed by atoms with Gasteiger partial charge in [-0.2, -0.15) is 0 Å². The van der Waals surface area contributed by atoms with E-state index in [9.17, 15) is 0 Å². The average molecular weight is 168 g/mol. The molecule has 3 nitrogen and oxygen atoms in total. The van der Waals surface area contributed by atoms with Crippen molar-refractivity contribution in [2.24, 2.45) is 0 Å². The highest BCUT2D eigenvalue weighted by Crippen LogP contribution is 2.32. The molecule has 1 atom stereocenters. The summed E-state index contributed by atoms with van der Waals surface area (Å²) in [5.74, 6) is 0. The molecule has 0 saturated carbocycles. The van der Waals surface area contributed by atoms with Crippen molar-refractivity contribution < 1.29 is 13.6 Å². The molecule has 0 radical (unpaired) electrons. The first-order valence-corrected chi connectivity index (χ1v) is 6.86. The molecule has 9 heavy (non-hydrogen) atoms. The first kappa shape index (κ1) is 9.53. The summed E-state index contributed by atoms with van der Waals surface area (Å²) >= 11 is 0. The molecular weight excluding hydrogens is 155 g/mol. The molecule has 0 aromatic rings. The summed E-state index contributed by atoms with van der Waals surface area (Å²) in [5, 5.41) is 0. The van der Waals surface area contributed by atoms with Crippen LogP contribution in [0.4, 0.5) is 0 Å². The molecule has 0 bridgehead atoms. The average Bonchev–Trinajstić information content (AvgIpc) is 1.63. The molecule has 0 aliphatic carbocycles. The molecule has 0 aliphatic rings. The highest BCUT2D eigenvalue weighted by Gasteiger charge is 2.07. The summed E-state index contributed by atoms with van der Waals surface area (Å²) in [5.41, 5.74) is 0. The third-order valence-corrected chi connectivity index (χ3v) is 3.43. The van der Waals surface area contributed by atoms with Crippen LogP contribution in [-0.2, 0) is 8.74 Å². The SMILES string of the molecule is CCOP(O)O[SiH](C)C. The molecule has 5 heteroatoms. The molecule has 56 valence electrons. The van der Waals surface area contributed by atoms with Crippen LogP contribution in [0.15, 0.2) is 0 Å². The summed E-state index contributed by atoms with van der Waals surface area (Å²) in [7, 11) is -2.66. The second kappa shape index (κ2) is 5.32. The summed E-state index contributed by atoms with van der Waals surface area (Å²) in [6, 6.07) is 0. The number of hydrogen-bond donors (Lipinski definition) is 1. The molecule has 0 saturated heterocycles. The maximum absolute atomic E-state index is 8.87. The van der Waals surface area contributed by atoms with Crippen molar-refractivity contribution >= 4 is 17.6 Å². The lowest BCUT2D eigenvalue weighted by Crippen LogP contribution is -2.03. The molecular formula is C4H13O3PSi. The van der Waals surface area contributed by atoms with Gasteiger partial charge in [-0.25, -0.2) is 0 Å². The van der Waals surface area contributed by atoms with Gasteiger partial charge in [-0.3, -0.25) is 0 Å². The van der Waals surface area contributed by atoms with Crippen LogP contribution < -0.4 is 0 Å². The van der Waals surface area contributed by atoms with Gasteiger partial charge in [-0.15, -0.1) is 0 Å². The summed E-state index contributed by atoms with van der Waals surface area (Å²) in [6.07, 6.45) is 0. The predicted octanol–water partition coefficient (Wildman–Crippen LogP) is 1.24. The lowest BCUT2D eigenvalue weighted by atomic mass is 10.9. The molecule has 0 heterocycles. The van der Waals surface area contributed by atoms with Gasteiger partial charge in [0.1, 0.15) is 0 Å². The second-order valence-electron chi connectivity index (χ2n) is 1.81. The Morgan fingerprint density at radius 2 is 2.11 bits per heavy atom.